The lowest BCUT2D eigenvalue weighted by Crippen LogP contribution is -2.48. The van der Waals surface area contributed by atoms with Crippen molar-refractivity contribution in [1.29, 1.82) is 0 Å². The van der Waals surface area contributed by atoms with E-state index in [1.807, 2.05) is 54.6 Å². The van der Waals surface area contributed by atoms with Crippen LogP contribution in [-0.4, -0.2) is 53.1 Å². The number of hydrogen-bond acceptors (Lipinski definition) is 5. The molecule has 0 unspecified atom stereocenters. The van der Waals surface area contributed by atoms with E-state index in [1.54, 1.807) is 17.1 Å². The quantitative estimate of drug-likeness (QED) is 0.180. The number of carbonyl (C=O) groups excluding carboxylic acids is 3. The maximum absolute atomic E-state index is 13.7. The van der Waals surface area contributed by atoms with Crippen molar-refractivity contribution in [2.24, 2.45) is 17.8 Å². The summed E-state index contributed by atoms with van der Waals surface area (Å²) in [6, 6.07) is 17.2. The summed E-state index contributed by atoms with van der Waals surface area (Å²) in [6.45, 7) is 8.05. The van der Waals surface area contributed by atoms with Crippen molar-refractivity contribution in [2.75, 3.05) is 13.2 Å². The molecule has 0 bridgehead atoms. The summed E-state index contributed by atoms with van der Waals surface area (Å²) in [5.74, 6) is -1.19. The molecule has 7 heteroatoms. The molecule has 0 radical (unpaired) electrons. The number of amides is 2. The number of rotatable bonds is 16. The molecule has 0 spiro atoms. The molecule has 2 N–H and O–H groups in total. The Labute approximate surface area is 268 Å². The van der Waals surface area contributed by atoms with Crippen LogP contribution < -0.4 is 5.32 Å². The Balaban J connectivity index is 1.42. The van der Waals surface area contributed by atoms with E-state index in [0.717, 1.165) is 36.0 Å². The first-order valence-electron chi connectivity index (χ1n) is 16.6. The number of aliphatic hydroxyl groups is 1. The number of allylic oxidation sites excluding steroid dienone is 2. The Morgan fingerprint density at radius 3 is 2.29 bits per heavy atom. The number of carbonyl (C=O) groups is 3. The molecule has 0 aromatic heterocycles. The van der Waals surface area contributed by atoms with Gasteiger partial charge < -0.3 is 20.1 Å². The van der Waals surface area contributed by atoms with Gasteiger partial charge in [-0.1, -0.05) is 98.9 Å². The summed E-state index contributed by atoms with van der Waals surface area (Å²) in [5.41, 5.74) is 3.27. The van der Waals surface area contributed by atoms with E-state index in [-0.39, 0.29) is 55.4 Å². The zero-order valence-corrected chi connectivity index (χ0v) is 26.6. The second kappa shape index (κ2) is 17.7. The second-order valence-corrected chi connectivity index (χ2v) is 12.7. The molecule has 2 aliphatic rings. The van der Waals surface area contributed by atoms with Crippen molar-refractivity contribution >= 4 is 17.8 Å². The van der Waals surface area contributed by atoms with E-state index < -0.39 is 5.92 Å². The maximum atomic E-state index is 13.7. The second-order valence-electron chi connectivity index (χ2n) is 12.7. The third-order valence-electron chi connectivity index (χ3n) is 9.35. The third-order valence-corrected chi connectivity index (χ3v) is 9.35. The standard InChI is InChI=1S/C38H50N2O5/c1-3-13-31(24-36(42)40-25-33-20-12-11-19-30(33)23-35(40)26-41)37(43)39-34(22-29-17-9-6-10-18-29)27-45-38(44)32(14-4-2)21-28-15-7-5-8-16-28/h3-5,7-8,11-12,15-16,19-20,29,31-32,34-35,41H,1-2,6,9-10,13-14,17-18,21-27H2,(H,39,43)/t31-,32+,34+,35+/m1/s1. The van der Waals surface area contributed by atoms with E-state index in [9.17, 15) is 19.5 Å². The van der Waals surface area contributed by atoms with Gasteiger partial charge in [0.1, 0.15) is 6.61 Å². The lowest BCUT2D eigenvalue weighted by Gasteiger charge is -2.37. The summed E-state index contributed by atoms with van der Waals surface area (Å²) < 4.78 is 5.89. The minimum atomic E-state index is -0.609. The van der Waals surface area contributed by atoms with E-state index in [4.69, 9.17) is 4.74 Å². The summed E-state index contributed by atoms with van der Waals surface area (Å²) in [6.07, 6.45) is 11.9. The van der Waals surface area contributed by atoms with Crippen LogP contribution in [0.15, 0.2) is 79.9 Å². The molecule has 2 aromatic rings. The SMILES string of the molecule is C=CC[C@H](CC(=O)N1Cc2ccccc2C[C@H]1CO)C(=O)N[C@H](COC(=O)[C@@H](CC=C)Cc1ccccc1)CC1CCCCC1. The fourth-order valence-corrected chi connectivity index (χ4v) is 6.83. The maximum Gasteiger partial charge on any atom is 0.309 e. The molecule has 7 nitrogen and oxygen atoms in total. The topological polar surface area (TPSA) is 95.9 Å². The van der Waals surface area contributed by atoms with E-state index >= 15 is 0 Å². The molecule has 1 heterocycles. The van der Waals surface area contributed by atoms with Crippen LogP contribution in [-0.2, 0) is 38.5 Å². The van der Waals surface area contributed by atoms with Gasteiger partial charge in [-0.2, -0.15) is 0 Å². The lowest BCUT2D eigenvalue weighted by atomic mass is 9.84. The molecule has 1 aliphatic carbocycles. The molecule has 2 amide bonds. The normalized spacial score (nSPS) is 18.6. The van der Waals surface area contributed by atoms with Gasteiger partial charge in [-0.25, -0.2) is 0 Å². The first-order chi connectivity index (χ1) is 21.9. The molecule has 2 aromatic carbocycles. The van der Waals surface area contributed by atoms with Crippen LogP contribution in [0.2, 0.25) is 0 Å². The van der Waals surface area contributed by atoms with Crippen molar-refractivity contribution < 1.29 is 24.2 Å². The van der Waals surface area contributed by atoms with Crippen LogP contribution in [0, 0.1) is 17.8 Å². The number of nitrogens with one attached hydrogen (secondary N) is 1. The number of fused-ring (bicyclic) bond motifs is 1. The van der Waals surface area contributed by atoms with Crippen LogP contribution in [0.25, 0.3) is 0 Å². The fourth-order valence-electron chi connectivity index (χ4n) is 6.83. The zero-order valence-electron chi connectivity index (χ0n) is 26.6. The molecule has 1 aliphatic heterocycles. The summed E-state index contributed by atoms with van der Waals surface area (Å²) >= 11 is 0. The lowest BCUT2D eigenvalue weighted by molar-refractivity contribution is -0.150. The predicted molar refractivity (Wildman–Crippen MR) is 177 cm³/mol. The van der Waals surface area contributed by atoms with Gasteiger partial charge in [0.15, 0.2) is 0 Å². The Morgan fingerprint density at radius 2 is 1.60 bits per heavy atom. The van der Waals surface area contributed by atoms with Gasteiger partial charge in [-0.05, 0) is 54.7 Å². The molecule has 242 valence electrons. The highest BCUT2D eigenvalue weighted by atomic mass is 16.5. The van der Waals surface area contributed by atoms with Crippen molar-refractivity contribution in [1.82, 2.24) is 10.2 Å². The fraction of sp³-hybridized carbons (Fsp3) is 0.500. The number of ether oxygens (including phenoxy) is 1. The minimum absolute atomic E-state index is 0.0188. The minimum Gasteiger partial charge on any atom is -0.463 e. The Bertz CT molecular complexity index is 1270. The van der Waals surface area contributed by atoms with Crippen LogP contribution in [0.1, 0.15) is 74.5 Å². The predicted octanol–water partition coefficient (Wildman–Crippen LogP) is 5.95. The molecular weight excluding hydrogens is 564 g/mol. The Hall–Kier alpha value is -3.71. The summed E-state index contributed by atoms with van der Waals surface area (Å²) in [7, 11) is 0. The molecule has 45 heavy (non-hydrogen) atoms. The Kier molecular flexibility index (Phi) is 13.4. The average molecular weight is 615 g/mol. The monoisotopic (exact) mass is 614 g/mol. The number of esters is 1. The van der Waals surface area contributed by atoms with Crippen molar-refractivity contribution in [3.05, 3.63) is 96.6 Å². The number of benzene rings is 2. The van der Waals surface area contributed by atoms with Gasteiger partial charge in [0.05, 0.1) is 30.5 Å². The first-order valence-corrected chi connectivity index (χ1v) is 16.6. The van der Waals surface area contributed by atoms with Crippen LogP contribution in [0.3, 0.4) is 0 Å². The smallest absolute Gasteiger partial charge is 0.309 e. The first kappa shape index (κ1) is 34.2. The molecule has 0 saturated heterocycles. The van der Waals surface area contributed by atoms with Crippen LogP contribution >= 0.6 is 0 Å². The van der Waals surface area contributed by atoms with E-state index in [0.29, 0.717) is 38.1 Å². The van der Waals surface area contributed by atoms with Crippen LogP contribution in [0.4, 0.5) is 0 Å². The van der Waals surface area contributed by atoms with Gasteiger partial charge in [-0.15, -0.1) is 13.2 Å². The van der Waals surface area contributed by atoms with Crippen molar-refractivity contribution in [3.63, 3.8) is 0 Å². The average Bonchev–Trinajstić information content (AvgIpc) is 3.06. The molecule has 1 fully saturated rings. The number of nitrogens with zero attached hydrogens (tertiary/aromatic N) is 1. The van der Waals surface area contributed by atoms with Gasteiger partial charge in [0.2, 0.25) is 11.8 Å². The molecule has 1 saturated carbocycles. The van der Waals surface area contributed by atoms with Crippen LogP contribution in [0.5, 0.6) is 0 Å². The van der Waals surface area contributed by atoms with E-state index in [2.05, 4.69) is 18.5 Å². The molecule has 4 atom stereocenters. The highest BCUT2D eigenvalue weighted by molar-refractivity contribution is 5.86. The van der Waals surface area contributed by atoms with Gasteiger partial charge >= 0.3 is 5.97 Å². The molecule has 4 rings (SSSR count). The number of aliphatic hydroxyl groups excluding tert-OH is 1. The van der Waals surface area contributed by atoms with Gasteiger partial charge in [0, 0.05) is 13.0 Å². The van der Waals surface area contributed by atoms with E-state index in [1.165, 1.54) is 19.3 Å². The summed E-state index contributed by atoms with van der Waals surface area (Å²) in [4.78, 5) is 42.3. The highest BCUT2D eigenvalue weighted by Gasteiger charge is 2.33. The van der Waals surface area contributed by atoms with Gasteiger partial charge in [-0.3, -0.25) is 14.4 Å². The molecular formula is C38H50N2O5. The summed E-state index contributed by atoms with van der Waals surface area (Å²) in [5, 5.41) is 13.3. The van der Waals surface area contributed by atoms with Crippen molar-refractivity contribution in [3.8, 4) is 0 Å². The highest BCUT2D eigenvalue weighted by Crippen LogP contribution is 2.29. The zero-order chi connectivity index (χ0) is 32.0. The largest absolute Gasteiger partial charge is 0.463 e. The third kappa shape index (κ3) is 10.1. The van der Waals surface area contributed by atoms with Crippen molar-refractivity contribution in [2.45, 2.75) is 89.3 Å². The number of hydrogen-bond donors (Lipinski definition) is 2. The van der Waals surface area contributed by atoms with Gasteiger partial charge in [0.25, 0.3) is 0 Å². The Morgan fingerprint density at radius 1 is 0.933 bits per heavy atom.